The van der Waals surface area contributed by atoms with E-state index in [0.717, 1.165) is 50.1 Å². The number of pyridine rings is 1. The van der Waals surface area contributed by atoms with Crippen molar-refractivity contribution in [1.82, 2.24) is 15.0 Å². The highest BCUT2D eigenvalue weighted by atomic mass is 14.9. The monoisotopic (exact) mass is 485 g/mol. The molecule has 3 nitrogen and oxygen atoms in total. The van der Waals surface area contributed by atoms with E-state index in [1.54, 1.807) is 0 Å². The van der Waals surface area contributed by atoms with Crippen LogP contribution in [0.1, 0.15) is 0 Å². The van der Waals surface area contributed by atoms with Gasteiger partial charge in [-0.05, 0) is 28.5 Å². The minimum atomic E-state index is 0.705. The van der Waals surface area contributed by atoms with E-state index in [-0.39, 0.29) is 0 Å². The molecule has 2 aromatic heterocycles. The molecule has 0 saturated carbocycles. The molecule has 0 aliphatic heterocycles. The maximum atomic E-state index is 5.08. The van der Waals surface area contributed by atoms with Crippen molar-refractivity contribution in [2.45, 2.75) is 0 Å². The van der Waals surface area contributed by atoms with Crippen LogP contribution in [0, 0.1) is 0 Å². The van der Waals surface area contributed by atoms with E-state index in [4.69, 9.17) is 9.97 Å². The fourth-order valence-electron chi connectivity index (χ4n) is 5.06. The SMILES string of the molecule is c1ccc(-c2cc(-c3cccc4ccccc34)nc(-c3ccc(-c4cccc5cccnc45)cc3)n2)cc1. The van der Waals surface area contributed by atoms with Crippen molar-refractivity contribution >= 4 is 21.7 Å². The lowest BCUT2D eigenvalue weighted by Crippen LogP contribution is -1.96. The maximum Gasteiger partial charge on any atom is 0.160 e. The molecular weight excluding hydrogens is 462 g/mol. The number of para-hydroxylation sites is 1. The van der Waals surface area contributed by atoms with Crippen LogP contribution in [-0.4, -0.2) is 15.0 Å². The van der Waals surface area contributed by atoms with Crippen molar-refractivity contribution < 1.29 is 0 Å². The highest BCUT2D eigenvalue weighted by molar-refractivity contribution is 5.97. The third kappa shape index (κ3) is 4.00. The zero-order chi connectivity index (χ0) is 25.3. The van der Waals surface area contributed by atoms with Gasteiger partial charge in [-0.2, -0.15) is 0 Å². The second-order valence-electron chi connectivity index (χ2n) is 9.31. The van der Waals surface area contributed by atoms with Gasteiger partial charge in [0.2, 0.25) is 0 Å². The summed E-state index contributed by atoms with van der Waals surface area (Å²) in [6, 6.07) is 46.0. The van der Waals surface area contributed by atoms with Gasteiger partial charge in [-0.25, -0.2) is 9.97 Å². The lowest BCUT2D eigenvalue weighted by molar-refractivity contribution is 1.18. The van der Waals surface area contributed by atoms with Crippen LogP contribution in [-0.2, 0) is 0 Å². The molecule has 7 rings (SSSR count). The van der Waals surface area contributed by atoms with Crippen molar-refractivity contribution in [2.75, 3.05) is 0 Å². The predicted molar refractivity (Wildman–Crippen MR) is 157 cm³/mol. The fraction of sp³-hybridized carbons (Fsp3) is 0. The molecule has 38 heavy (non-hydrogen) atoms. The maximum absolute atomic E-state index is 5.08. The van der Waals surface area contributed by atoms with E-state index in [2.05, 4.69) is 114 Å². The molecule has 2 heterocycles. The molecule has 0 radical (unpaired) electrons. The predicted octanol–water partition coefficient (Wildman–Crippen LogP) is 8.85. The van der Waals surface area contributed by atoms with Gasteiger partial charge in [-0.15, -0.1) is 0 Å². The molecule has 3 heteroatoms. The van der Waals surface area contributed by atoms with Crippen LogP contribution >= 0.6 is 0 Å². The van der Waals surface area contributed by atoms with Crippen LogP contribution in [0.15, 0.2) is 140 Å². The van der Waals surface area contributed by atoms with Crippen molar-refractivity contribution in [2.24, 2.45) is 0 Å². The van der Waals surface area contributed by atoms with Crippen LogP contribution in [0.4, 0.5) is 0 Å². The van der Waals surface area contributed by atoms with Gasteiger partial charge in [0.1, 0.15) is 0 Å². The molecule has 0 spiro atoms. The standard InChI is InChI=1S/C35H23N3/c1-2-10-26(11-3-1)32-23-33(31-17-6-12-24-9-4-5-15-29(24)31)38-35(37-32)28-20-18-25(19-21-28)30-16-7-13-27-14-8-22-36-34(27)30/h1-23H. The molecular formula is C35H23N3. The molecule has 178 valence electrons. The first-order valence-electron chi connectivity index (χ1n) is 12.7. The zero-order valence-electron chi connectivity index (χ0n) is 20.6. The molecule has 0 aliphatic carbocycles. The Morgan fingerprint density at radius 3 is 1.95 bits per heavy atom. The highest BCUT2D eigenvalue weighted by Crippen LogP contribution is 2.33. The molecule has 0 saturated heterocycles. The number of hydrogen-bond acceptors (Lipinski definition) is 3. The largest absolute Gasteiger partial charge is 0.256 e. The van der Waals surface area contributed by atoms with E-state index in [9.17, 15) is 0 Å². The summed E-state index contributed by atoms with van der Waals surface area (Å²) >= 11 is 0. The highest BCUT2D eigenvalue weighted by Gasteiger charge is 2.13. The smallest absolute Gasteiger partial charge is 0.160 e. The summed E-state index contributed by atoms with van der Waals surface area (Å²) < 4.78 is 0. The molecule has 7 aromatic rings. The van der Waals surface area contributed by atoms with Crippen molar-refractivity contribution in [3.8, 4) is 45.0 Å². The van der Waals surface area contributed by atoms with Crippen LogP contribution in [0.3, 0.4) is 0 Å². The summed E-state index contributed by atoms with van der Waals surface area (Å²) in [7, 11) is 0. The van der Waals surface area contributed by atoms with Gasteiger partial charge in [0.25, 0.3) is 0 Å². The van der Waals surface area contributed by atoms with E-state index >= 15 is 0 Å². The summed E-state index contributed by atoms with van der Waals surface area (Å²) in [5.74, 6) is 0.705. The van der Waals surface area contributed by atoms with E-state index in [0.29, 0.717) is 5.82 Å². The first kappa shape index (κ1) is 22.1. The minimum Gasteiger partial charge on any atom is -0.256 e. The normalized spacial score (nSPS) is 11.2. The van der Waals surface area contributed by atoms with E-state index in [1.165, 1.54) is 10.8 Å². The molecule has 0 atom stereocenters. The van der Waals surface area contributed by atoms with Crippen LogP contribution in [0.2, 0.25) is 0 Å². The Morgan fingerprint density at radius 2 is 1.08 bits per heavy atom. The van der Waals surface area contributed by atoms with Crippen LogP contribution in [0.5, 0.6) is 0 Å². The zero-order valence-corrected chi connectivity index (χ0v) is 20.6. The third-order valence-electron chi connectivity index (χ3n) is 6.95. The second-order valence-corrected chi connectivity index (χ2v) is 9.31. The van der Waals surface area contributed by atoms with Crippen molar-refractivity contribution in [1.29, 1.82) is 0 Å². The van der Waals surface area contributed by atoms with Crippen LogP contribution in [0.25, 0.3) is 66.7 Å². The number of rotatable bonds is 4. The Labute approximate surface area is 221 Å². The van der Waals surface area contributed by atoms with Crippen LogP contribution < -0.4 is 0 Å². The summed E-state index contributed by atoms with van der Waals surface area (Å²) in [5, 5.41) is 3.50. The Morgan fingerprint density at radius 1 is 0.421 bits per heavy atom. The van der Waals surface area contributed by atoms with Gasteiger partial charge in [0.05, 0.1) is 16.9 Å². The molecule has 0 N–H and O–H groups in total. The first-order valence-corrected chi connectivity index (χ1v) is 12.7. The van der Waals surface area contributed by atoms with Gasteiger partial charge in [0.15, 0.2) is 5.82 Å². The van der Waals surface area contributed by atoms with Gasteiger partial charge in [0, 0.05) is 33.8 Å². The van der Waals surface area contributed by atoms with Gasteiger partial charge in [-0.3, -0.25) is 4.98 Å². The fourth-order valence-corrected chi connectivity index (χ4v) is 5.06. The molecule has 0 unspecified atom stereocenters. The molecule has 0 amide bonds. The molecule has 5 aromatic carbocycles. The Hall–Kier alpha value is -5.15. The Kier molecular flexibility index (Phi) is 5.45. The lowest BCUT2D eigenvalue weighted by Gasteiger charge is -2.12. The number of benzene rings is 5. The molecule has 0 fully saturated rings. The minimum absolute atomic E-state index is 0.705. The summed E-state index contributed by atoms with van der Waals surface area (Å²) in [6.07, 6.45) is 1.85. The first-order chi connectivity index (χ1) is 18.8. The van der Waals surface area contributed by atoms with Crippen molar-refractivity contribution in [3.05, 3.63) is 140 Å². The topological polar surface area (TPSA) is 38.7 Å². The number of nitrogens with zero attached hydrogens (tertiary/aromatic N) is 3. The van der Waals surface area contributed by atoms with Gasteiger partial charge in [-0.1, -0.05) is 121 Å². The van der Waals surface area contributed by atoms with Gasteiger partial charge >= 0.3 is 0 Å². The molecule has 0 aliphatic rings. The lowest BCUT2D eigenvalue weighted by atomic mass is 9.99. The summed E-state index contributed by atoms with van der Waals surface area (Å²) in [4.78, 5) is 14.7. The quantitative estimate of drug-likeness (QED) is 0.250. The number of aromatic nitrogens is 3. The average Bonchev–Trinajstić information content (AvgIpc) is 3.01. The Bertz CT molecular complexity index is 1900. The van der Waals surface area contributed by atoms with Crippen molar-refractivity contribution in [3.63, 3.8) is 0 Å². The Balaban J connectivity index is 1.37. The second kappa shape index (κ2) is 9.38. The average molecular weight is 486 g/mol. The number of hydrogen-bond donors (Lipinski definition) is 0. The molecule has 0 bridgehead atoms. The van der Waals surface area contributed by atoms with Gasteiger partial charge < -0.3 is 0 Å². The summed E-state index contributed by atoms with van der Waals surface area (Å²) in [5.41, 5.74) is 8.19. The summed E-state index contributed by atoms with van der Waals surface area (Å²) in [6.45, 7) is 0. The number of fused-ring (bicyclic) bond motifs is 2. The van der Waals surface area contributed by atoms with E-state index in [1.807, 2.05) is 30.5 Å². The third-order valence-corrected chi connectivity index (χ3v) is 6.95. The van der Waals surface area contributed by atoms with E-state index < -0.39 is 0 Å².